The van der Waals surface area contributed by atoms with Gasteiger partial charge < -0.3 is 19.5 Å². The molecule has 3 heterocycles. The van der Waals surface area contributed by atoms with Gasteiger partial charge in [0.05, 0.1) is 16.3 Å². The van der Waals surface area contributed by atoms with E-state index in [0.29, 0.717) is 5.56 Å². The zero-order chi connectivity index (χ0) is 25.1. The highest BCUT2D eigenvalue weighted by atomic mass is 32.1. The molecule has 0 amide bonds. The Labute approximate surface area is 184 Å². The molecule has 2 aromatic rings. The van der Waals surface area contributed by atoms with Crippen LogP contribution >= 0.6 is 20.0 Å². The molecule has 1 saturated heterocycles. The zero-order valence-electron chi connectivity index (χ0n) is 18.4. The fourth-order valence-electron chi connectivity index (χ4n) is 2.79. The Bertz CT molecular complexity index is 1370. The molecule has 164 valence electrons. The topological polar surface area (TPSA) is 132 Å². The first-order valence-electron chi connectivity index (χ1n) is 10.1. The van der Waals surface area contributed by atoms with Gasteiger partial charge in [0.25, 0.3) is 5.85 Å². The number of alkyl halides is 1. The lowest BCUT2D eigenvalue weighted by Crippen LogP contribution is -2.43. The number of aromatic amines is 1. The normalized spacial score (nSPS) is 36.4. The number of aromatic nitrogens is 2. The van der Waals surface area contributed by atoms with E-state index in [0.717, 1.165) is 6.20 Å². The van der Waals surface area contributed by atoms with Crippen molar-refractivity contribution >= 4 is 20.0 Å². The van der Waals surface area contributed by atoms with Gasteiger partial charge >= 0.3 is 13.5 Å². The minimum atomic E-state index is -4.82. The highest BCUT2D eigenvalue weighted by Crippen LogP contribution is 2.55. The number of nitrogens with zero attached hydrogens (tertiary/aromatic N) is 1. The van der Waals surface area contributed by atoms with Crippen molar-refractivity contribution in [2.45, 2.75) is 30.9 Å². The van der Waals surface area contributed by atoms with Gasteiger partial charge in [0.2, 0.25) is 0 Å². The number of H-pyrrole nitrogens is 1. The van der Waals surface area contributed by atoms with E-state index in [1.165, 1.54) is 12.1 Å². The van der Waals surface area contributed by atoms with Crippen molar-refractivity contribution < 1.29 is 41.6 Å². The average molecular weight is 473 g/mol. The number of aliphatic hydroxyl groups excluding tert-OH is 2. The summed E-state index contributed by atoms with van der Waals surface area (Å²) in [6.07, 6.45) is -2.46. The van der Waals surface area contributed by atoms with Crippen LogP contribution < -0.4 is 10.2 Å². The third-order valence-corrected chi connectivity index (χ3v) is 5.88. The van der Waals surface area contributed by atoms with Crippen LogP contribution in [-0.4, -0.2) is 44.4 Å². The number of hydrogen-bond acceptors (Lipinski definition) is 9. The van der Waals surface area contributed by atoms with Crippen molar-refractivity contribution in [1.29, 1.82) is 0 Å². The SMILES string of the molecule is [2H]C([2H])(OP1(=O)OCc2ccccc2O1)[C@@]1(F)O[C@@]([2H])(n2cc(C#C)c(=S)[nH]c2=O)[C@H](O)[C@@H]1O. The molecule has 0 bridgehead atoms. The average Bonchev–Trinajstić information content (AvgIpc) is 2.94. The maximum Gasteiger partial charge on any atom is 0.530 e. The van der Waals surface area contributed by atoms with E-state index in [-0.39, 0.29) is 27.1 Å². The van der Waals surface area contributed by atoms with Crippen LogP contribution in [0.2, 0.25) is 0 Å². The van der Waals surface area contributed by atoms with Crippen LogP contribution in [0.1, 0.15) is 21.4 Å². The predicted octanol–water partition coefficient (Wildman–Crippen LogP) is 1.54. The molecule has 5 atom stereocenters. The number of fused-ring (bicyclic) bond motifs is 1. The number of phosphoric ester groups is 1. The number of terminal acetylenes is 1. The smallest absolute Gasteiger partial charge is 0.404 e. The Morgan fingerprint density at radius 2 is 2.29 bits per heavy atom. The standard InChI is InChI=1S/C18H16FN2O8PS/c1-2-10-7-21(17(24)20-15(10)31)16-13(22)14(23)18(19,28-16)9-27-30(25)26-8-11-5-3-4-6-12(11)29-30/h1,3-7,13-14,16,22-23H,8-9H2,(H,20,24,31)/t13-,14+,16-,18-,30?/m1/s1/i9D2,16D. The Kier molecular flexibility index (Phi) is 4.68. The molecule has 1 fully saturated rings. The molecular weight excluding hydrogens is 454 g/mol. The molecule has 31 heavy (non-hydrogen) atoms. The van der Waals surface area contributed by atoms with Gasteiger partial charge in [-0.25, -0.2) is 13.8 Å². The molecule has 1 unspecified atom stereocenters. The molecule has 0 spiro atoms. The highest BCUT2D eigenvalue weighted by Gasteiger charge is 2.57. The maximum atomic E-state index is 15.9. The summed E-state index contributed by atoms with van der Waals surface area (Å²) in [7, 11) is -4.82. The molecule has 1 aromatic heterocycles. The molecular formula is C18H16FN2O8PS. The number of para-hydroxylation sites is 1. The quantitative estimate of drug-likeness (QED) is 0.344. The fourth-order valence-corrected chi connectivity index (χ4v) is 4.09. The molecule has 0 aliphatic carbocycles. The first kappa shape index (κ1) is 18.2. The van der Waals surface area contributed by atoms with Gasteiger partial charge in [0.1, 0.15) is 29.2 Å². The minimum absolute atomic E-state index is 0.0245. The Morgan fingerprint density at radius 1 is 1.55 bits per heavy atom. The van der Waals surface area contributed by atoms with Crippen molar-refractivity contribution in [3.8, 4) is 18.1 Å². The molecule has 0 radical (unpaired) electrons. The summed E-state index contributed by atoms with van der Waals surface area (Å²) in [5.41, 5.74) is -0.871. The van der Waals surface area contributed by atoms with Crippen molar-refractivity contribution in [1.82, 2.24) is 9.55 Å². The predicted molar refractivity (Wildman–Crippen MR) is 105 cm³/mol. The van der Waals surface area contributed by atoms with Crippen LogP contribution in [-0.2, 0) is 25.0 Å². The lowest BCUT2D eigenvalue weighted by molar-refractivity contribution is -0.205. The van der Waals surface area contributed by atoms with Crippen molar-refractivity contribution in [2.75, 3.05) is 6.56 Å². The van der Waals surface area contributed by atoms with Gasteiger partial charge in [-0.1, -0.05) is 36.3 Å². The molecule has 13 heteroatoms. The summed E-state index contributed by atoms with van der Waals surface area (Å²) in [6.45, 7) is -4.16. The number of benzene rings is 1. The number of ether oxygens (including phenoxy) is 1. The van der Waals surface area contributed by atoms with Crippen LogP contribution in [0.15, 0.2) is 35.3 Å². The van der Waals surface area contributed by atoms with Gasteiger partial charge in [-0.15, -0.1) is 6.42 Å². The van der Waals surface area contributed by atoms with E-state index in [1.54, 1.807) is 12.1 Å². The molecule has 1 aromatic carbocycles. The molecule has 2 aliphatic heterocycles. The first-order valence-corrected chi connectivity index (χ1v) is 10.4. The summed E-state index contributed by atoms with van der Waals surface area (Å²) in [4.78, 5) is 14.4. The van der Waals surface area contributed by atoms with Crippen LogP contribution in [0.25, 0.3) is 0 Å². The second-order valence-electron chi connectivity index (χ2n) is 6.40. The molecule has 2 aliphatic rings. The number of halogens is 1. The third-order valence-electron chi connectivity index (χ3n) is 4.38. The Hall–Kier alpha value is -2.36. The summed E-state index contributed by atoms with van der Waals surface area (Å²) in [5.74, 6) is -1.91. The van der Waals surface area contributed by atoms with Crippen LogP contribution in [0.5, 0.6) is 5.75 Å². The summed E-state index contributed by atoms with van der Waals surface area (Å²) in [5, 5.41) is 20.8. The molecule has 0 saturated carbocycles. The lowest BCUT2D eigenvalue weighted by atomic mass is 10.1. The van der Waals surface area contributed by atoms with Gasteiger partial charge in [-0.3, -0.25) is 18.6 Å². The van der Waals surface area contributed by atoms with Crippen molar-refractivity contribution in [3.63, 3.8) is 0 Å². The van der Waals surface area contributed by atoms with E-state index >= 15 is 4.39 Å². The number of nitrogens with one attached hydrogen (secondary N) is 1. The Balaban J connectivity index is 1.70. The number of aliphatic hydroxyl groups is 2. The van der Waals surface area contributed by atoms with Crippen LogP contribution in [0, 0.1) is 17.0 Å². The molecule has 10 nitrogen and oxygen atoms in total. The largest absolute Gasteiger partial charge is 0.530 e. The number of phosphoric acid groups is 1. The van der Waals surface area contributed by atoms with Gasteiger partial charge in [-0.2, -0.15) is 0 Å². The van der Waals surface area contributed by atoms with E-state index < -0.39 is 44.3 Å². The van der Waals surface area contributed by atoms with Gasteiger partial charge in [0, 0.05) is 11.8 Å². The van der Waals surface area contributed by atoms with E-state index in [9.17, 15) is 19.6 Å². The van der Waals surface area contributed by atoms with Crippen molar-refractivity contribution in [2.24, 2.45) is 0 Å². The second-order valence-corrected chi connectivity index (χ2v) is 8.33. The van der Waals surface area contributed by atoms with Gasteiger partial charge in [-0.05, 0) is 6.07 Å². The monoisotopic (exact) mass is 473 g/mol. The van der Waals surface area contributed by atoms with E-state index in [1.807, 2.05) is 0 Å². The minimum Gasteiger partial charge on any atom is -0.404 e. The van der Waals surface area contributed by atoms with E-state index in [4.69, 9.17) is 41.1 Å². The van der Waals surface area contributed by atoms with Crippen LogP contribution in [0.4, 0.5) is 4.39 Å². The highest BCUT2D eigenvalue weighted by molar-refractivity contribution is 7.71. The zero-order valence-corrected chi connectivity index (χ0v) is 17.1. The second kappa shape index (κ2) is 7.96. The summed E-state index contributed by atoms with van der Waals surface area (Å²) in [6, 6.07) is 6.14. The first-order chi connectivity index (χ1) is 15.8. The fraction of sp³-hybridized carbons (Fsp3) is 0.333. The number of hydrogen-bond donors (Lipinski definition) is 3. The lowest BCUT2D eigenvalue weighted by Gasteiger charge is -2.28. The summed E-state index contributed by atoms with van der Waals surface area (Å²) >= 11 is 4.86. The third kappa shape index (κ3) is 3.97. The molecule has 3 N–H and O–H groups in total. The Morgan fingerprint density at radius 3 is 3.03 bits per heavy atom. The summed E-state index contributed by atoms with van der Waals surface area (Å²) < 4.78 is 72.7. The molecule has 4 rings (SSSR count). The number of rotatable bonds is 4. The van der Waals surface area contributed by atoms with Gasteiger partial charge in [0.15, 0.2) is 6.20 Å². The van der Waals surface area contributed by atoms with Crippen molar-refractivity contribution in [3.05, 3.63) is 56.7 Å². The van der Waals surface area contributed by atoms with Crippen LogP contribution in [0.3, 0.4) is 0 Å². The maximum absolute atomic E-state index is 15.9. The van der Waals surface area contributed by atoms with E-state index in [2.05, 4.69) is 10.9 Å².